The van der Waals surface area contributed by atoms with Crippen LogP contribution >= 0.6 is 0 Å². The summed E-state index contributed by atoms with van der Waals surface area (Å²) in [5.41, 5.74) is 0.301. The molecule has 3 aromatic rings. The van der Waals surface area contributed by atoms with Gasteiger partial charge in [0.2, 0.25) is 19.9 Å². The molecule has 2 aliphatic rings. The van der Waals surface area contributed by atoms with Gasteiger partial charge in [-0.25, -0.2) is 34.4 Å². The zero-order valence-corrected chi connectivity index (χ0v) is 20.4. The molecule has 1 aliphatic heterocycles. The van der Waals surface area contributed by atoms with Gasteiger partial charge in [0, 0.05) is 30.5 Å². The first kappa shape index (κ1) is 23.4. The average molecular weight is 528 g/mol. The molecule has 0 spiro atoms. The fourth-order valence-corrected chi connectivity index (χ4v) is 9.08. The molecular weight excluding hydrogens is 505 g/mol. The number of aromatic amines is 1. The number of rotatable bonds is 7. The smallest absolute Gasteiger partial charge is 0.259 e. The monoisotopic (exact) mass is 527 g/mol. The number of sulfonamides is 2. The lowest BCUT2D eigenvalue weighted by atomic mass is 10.2. The zero-order chi connectivity index (χ0) is 24.5. The van der Waals surface area contributed by atoms with E-state index in [0.29, 0.717) is 5.52 Å². The first-order valence-electron chi connectivity index (χ1n) is 10.5. The highest BCUT2D eigenvalue weighted by Gasteiger charge is 2.58. The number of aromatic nitrogens is 1. The molecule has 34 heavy (non-hydrogen) atoms. The van der Waals surface area contributed by atoms with Crippen LogP contribution in [0.1, 0.15) is 0 Å². The van der Waals surface area contributed by atoms with Gasteiger partial charge in [0.15, 0.2) is 5.03 Å². The van der Waals surface area contributed by atoms with Gasteiger partial charge in [-0.15, -0.1) is 0 Å². The van der Waals surface area contributed by atoms with E-state index in [-0.39, 0.29) is 42.8 Å². The van der Waals surface area contributed by atoms with Crippen molar-refractivity contribution in [3.8, 4) is 0 Å². The molecule has 1 saturated carbocycles. The van der Waals surface area contributed by atoms with Gasteiger partial charge < -0.3 is 4.98 Å². The predicted octanol–water partition coefficient (Wildman–Crippen LogP) is 1.56. The van der Waals surface area contributed by atoms with Crippen LogP contribution in [-0.4, -0.2) is 60.4 Å². The van der Waals surface area contributed by atoms with Crippen LogP contribution in [0, 0.1) is 23.6 Å². The van der Waals surface area contributed by atoms with Gasteiger partial charge in [-0.2, -0.15) is 4.31 Å². The summed E-state index contributed by atoms with van der Waals surface area (Å²) in [6.07, 6.45) is 1.06. The summed E-state index contributed by atoms with van der Waals surface area (Å²) in [6, 6.07) is 11.1. The second-order valence-corrected chi connectivity index (χ2v) is 14.3. The molecule has 1 aromatic heterocycles. The normalized spacial score (nSPS) is 23.3. The Morgan fingerprint density at radius 2 is 1.59 bits per heavy atom. The van der Waals surface area contributed by atoms with Crippen molar-refractivity contribution in [3.63, 3.8) is 0 Å². The second-order valence-electron chi connectivity index (χ2n) is 8.70. The van der Waals surface area contributed by atoms with Crippen LogP contribution in [0.5, 0.6) is 0 Å². The number of H-pyrrole nitrogens is 1. The number of fused-ring (bicyclic) bond motifs is 2. The summed E-state index contributed by atoms with van der Waals surface area (Å²) in [4.78, 5) is 1.65. The zero-order valence-electron chi connectivity index (χ0n) is 18.0. The minimum atomic E-state index is -4.52. The van der Waals surface area contributed by atoms with Crippen molar-refractivity contribution >= 4 is 40.8 Å². The molecule has 2 fully saturated rings. The van der Waals surface area contributed by atoms with E-state index >= 15 is 0 Å². The largest absolute Gasteiger partial charge is 0.343 e. The van der Waals surface area contributed by atoms with Crippen LogP contribution < -0.4 is 4.72 Å². The van der Waals surface area contributed by atoms with Gasteiger partial charge in [0.1, 0.15) is 15.6 Å². The summed E-state index contributed by atoms with van der Waals surface area (Å²) >= 11 is 0. The predicted molar refractivity (Wildman–Crippen MR) is 122 cm³/mol. The molecule has 5 rings (SSSR count). The molecule has 2 aromatic carbocycles. The van der Waals surface area contributed by atoms with E-state index in [1.54, 1.807) is 18.2 Å². The highest BCUT2D eigenvalue weighted by atomic mass is 32.2. The van der Waals surface area contributed by atoms with Crippen LogP contribution in [0.3, 0.4) is 0 Å². The van der Waals surface area contributed by atoms with Crippen molar-refractivity contribution in [1.82, 2.24) is 14.0 Å². The number of halogens is 1. The van der Waals surface area contributed by atoms with Gasteiger partial charge in [0.05, 0.1) is 6.26 Å². The Morgan fingerprint density at radius 3 is 2.24 bits per heavy atom. The average Bonchev–Trinajstić information content (AvgIpc) is 3.10. The molecule has 1 saturated heterocycles. The number of piperidine rings is 1. The molecule has 1 aliphatic carbocycles. The van der Waals surface area contributed by atoms with Crippen molar-refractivity contribution in [2.45, 2.75) is 14.8 Å². The minimum absolute atomic E-state index is 0.0139. The van der Waals surface area contributed by atoms with Crippen LogP contribution in [0.4, 0.5) is 4.39 Å². The molecule has 182 valence electrons. The Labute approximate surface area is 197 Å². The van der Waals surface area contributed by atoms with Crippen LogP contribution in [0.25, 0.3) is 10.9 Å². The molecule has 2 unspecified atom stereocenters. The summed E-state index contributed by atoms with van der Waals surface area (Å²) < 4.78 is 95.0. The number of para-hydroxylation sites is 1. The van der Waals surface area contributed by atoms with Crippen LogP contribution in [-0.2, 0) is 29.9 Å². The van der Waals surface area contributed by atoms with E-state index < -0.39 is 50.5 Å². The maximum absolute atomic E-state index is 14.5. The maximum atomic E-state index is 14.5. The van der Waals surface area contributed by atoms with Gasteiger partial charge >= 0.3 is 0 Å². The van der Waals surface area contributed by atoms with E-state index in [4.69, 9.17) is 0 Å². The summed E-state index contributed by atoms with van der Waals surface area (Å²) in [5, 5.41) is -0.340. The molecule has 0 amide bonds. The number of nitrogens with zero attached hydrogens (tertiary/aromatic N) is 1. The maximum Gasteiger partial charge on any atom is 0.259 e. The van der Waals surface area contributed by atoms with E-state index in [2.05, 4.69) is 9.71 Å². The highest BCUT2D eigenvalue weighted by molar-refractivity contribution is 7.93. The lowest BCUT2D eigenvalue weighted by molar-refractivity contribution is 0.408. The highest BCUT2D eigenvalue weighted by Crippen LogP contribution is 2.52. The molecule has 2 heterocycles. The Bertz CT molecular complexity index is 1600. The molecular formula is C21H22FN3O6S3. The number of hydrogen-bond acceptors (Lipinski definition) is 6. The molecule has 9 nitrogen and oxygen atoms in total. The Kier molecular flexibility index (Phi) is 5.41. The third-order valence-corrected chi connectivity index (χ3v) is 11.0. The fraction of sp³-hybridized carbons (Fsp3) is 0.333. The standard InChI is InChI=1S/C21H22FN3O6S3/c1-32(26,27)23-10-14-15-11-25(12-16(14)15)34(30,31)21-20(13-6-2-4-8-18(13)24-21)33(28,29)19-9-5-3-7-17(19)22/h2-9,14-16,23-24H,10-12H2,1H3. The first-order valence-corrected chi connectivity index (χ1v) is 15.3. The van der Waals surface area contributed by atoms with Crippen LogP contribution in [0.15, 0.2) is 63.3 Å². The quantitative estimate of drug-likeness (QED) is 0.479. The first-order chi connectivity index (χ1) is 15.9. The van der Waals surface area contributed by atoms with Crippen molar-refractivity contribution in [1.29, 1.82) is 0 Å². The molecule has 0 bridgehead atoms. The summed E-state index contributed by atoms with van der Waals surface area (Å²) in [5.74, 6) is -0.967. The lowest BCUT2D eigenvalue weighted by Crippen LogP contribution is -2.34. The minimum Gasteiger partial charge on any atom is -0.343 e. The van der Waals surface area contributed by atoms with Crippen molar-refractivity contribution in [2.75, 3.05) is 25.9 Å². The number of sulfone groups is 1. The summed E-state index contributed by atoms with van der Waals surface area (Å²) in [7, 11) is -12.1. The van der Waals surface area contributed by atoms with Crippen molar-refractivity contribution < 1.29 is 29.6 Å². The molecule has 0 radical (unpaired) electrons. The van der Waals surface area contributed by atoms with Gasteiger partial charge in [-0.3, -0.25) is 0 Å². The fourth-order valence-electron chi connectivity index (χ4n) is 4.80. The number of hydrogen-bond donors (Lipinski definition) is 2. The van der Waals surface area contributed by atoms with Crippen molar-refractivity contribution in [3.05, 3.63) is 54.3 Å². The SMILES string of the molecule is CS(=O)(=O)NCC1C2CN(S(=O)(=O)c3[nH]c4ccccc4c3S(=O)(=O)c3ccccc3F)CC12. The number of nitrogens with one attached hydrogen (secondary N) is 2. The van der Waals surface area contributed by atoms with E-state index in [1.165, 1.54) is 22.5 Å². The Morgan fingerprint density at radius 1 is 0.971 bits per heavy atom. The van der Waals surface area contributed by atoms with Crippen LogP contribution in [0.2, 0.25) is 0 Å². The Hall–Kier alpha value is -2.32. The van der Waals surface area contributed by atoms with Crippen molar-refractivity contribution in [2.24, 2.45) is 17.8 Å². The van der Waals surface area contributed by atoms with E-state index in [9.17, 15) is 29.6 Å². The molecule has 2 atom stereocenters. The topological polar surface area (TPSA) is 133 Å². The lowest BCUT2D eigenvalue weighted by Gasteiger charge is -2.20. The number of benzene rings is 2. The second kappa shape index (κ2) is 7.85. The summed E-state index contributed by atoms with van der Waals surface area (Å²) in [6.45, 7) is 0.538. The van der Waals surface area contributed by atoms with Gasteiger partial charge in [-0.05, 0) is 36.0 Å². The molecule has 13 heteroatoms. The van der Waals surface area contributed by atoms with E-state index in [0.717, 1.165) is 18.4 Å². The Balaban J connectivity index is 1.53. The van der Waals surface area contributed by atoms with Gasteiger partial charge in [0.25, 0.3) is 10.0 Å². The molecule has 2 N–H and O–H groups in total. The third kappa shape index (κ3) is 3.85. The van der Waals surface area contributed by atoms with Gasteiger partial charge in [-0.1, -0.05) is 30.3 Å². The third-order valence-electron chi connectivity index (χ3n) is 6.54. The van der Waals surface area contributed by atoms with E-state index in [1.807, 2.05) is 0 Å².